The Bertz CT molecular complexity index is 1580. The van der Waals surface area contributed by atoms with Crippen LogP contribution in [0.4, 0.5) is 5.69 Å². The summed E-state index contributed by atoms with van der Waals surface area (Å²) in [5.74, 6) is -0.182. The molecule has 0 aromatic heterocycles. The molecule has 0 aliphatic carbocycles. The Labute approximate surface area is 231 Å². The number of nitrogens with one attached hydrogen (secondary N) is 1. The molecule has 190 valence electrons. The number of benzene rings is 4. The maximum absolute atomic E-state index is 12.5. The van der Waals surface area contributed by atoms with Crippen molar-refractivity contribution in [1.29, 1.82) is 0 Å². The van der Waals surface area contributed by atoms with E-state index in [0.29, 0.717) is 10.1 Å². The second-order valence-corrected chi connectivity index (χ2v) is 10.1. The van der Waals surface area contributed by atoms with Gasteiger partial charge in [-0.2, -0.15) is 10.2 Å². The van der Waals surface area contributed by atoms with Gasteiger partial charge in [0.2, 0.25) is 0 Å². The first-order valence-electron chi connectivity index (χ1n) is 12.7. The summed E-state index contributed by atoms with van der Waals surface area (Å²) in [4.78, 5) is 13.1. The Morgan fingerprint density at radius 2 is 1.49 bits per heavy atom. The van der Waals surface area contributed by atoms with E-state index < -0.39 is 0 Å². The number of thioether (sulfide) groups is 1. The van der Waals surface area contributed by atoms with Crippen molar-refractivity contribution in [2.75, 3.05) is 5.01 Å². The lowest BCUT2D eigenvalue weighted by Gasteiger charge is -2.24. The van der Waals surface area contributed by atoms with Crippen molar-refractivity contribution < 1.29 is 4.79 Å². The molecule has 0 radical (unpaired) electrons. The van der Waals surface area contributed by atoms with E-state index in [-0.39, 0.29) is 11.9 Å². The molecule has 0 spiro atoms. The molecule has 4 aromatic rings. The lowest BCUT2D eigenvalue weighted by molar-refractivity contribution is -0.115. The highest BCUT2D eigenvalue weighted by atomic mass is 32.2. The molecule has 7 heteroatoms. The van der Waals surface area contributed by atoms with Gasteiger partial charge in [-0.15, -0.1) is 5.10 Å². The van der Waals surface area contributed by atoms with Crippen LogP contribution in [0.5, 0.6) is 0 Å². The van der Waals surface area contributed by atoms with Crippen LogP contribution < -0.4 is 10.3 Å². The van der Waals surface area contributed by atoms with Crippen LogP contribution in [-0.2, 0) is 4.79 Å². The lowest BCUT2D eigenvalue weighted by Crippen LogP contribution is -2.19. The van der Waals surface area contributed by atoms with Crippen LogP contribution in [0.25, 0.3) is 6.08 Å². The molecule has 2 heterocycles. The van der Waals surface area contributed by atoms with Crippen LogP contribution in [0.15, 0.2) is 135 Å². The number of carbonyl (C=O) groups excluding carboxylic acids is 1. The highest BCUT2D eigenvalue weighted by molar-refractivity contribution is 8.18. The van der Waals surface area contributed by atoms with E-state index in [4.69, 9.17) is 5.10 Å². The van der Waals surface area contributed by atoms with E-state index in [9.17, 15) is 4.79 Å². The maximum Gasteiger partial charge on any atom is 0.264 e. The minimum absolute atomic E-state index is 0.108. The monoisotopic (exact) mass is 527 g/mol. The van der Waals surface area contributed by atoms with Crippen LogP contribution in [0.2, 0.25) is 0 Å². The van der Waals surface area contributed by atoms with Gasteiger partial charge in [-0.25, -0.2) is 0 Å². The van der Waals surface area contributed by atoms with Gasteiger partial charge in [0.1, 0.15) is 0 Å². The summed E-state index contributed by atoms with van der Waals surface area (Å²) in [5.41, 5.74) is 6.29. The fourth-order valence-electron chi connectivity index (χ4n) is 4.53. The average Bonchev–Trinajstić information content (AvgIpc) is 3.59. The maximum atomic E-state index is 12.5. The predicted octanol–water partition coefficient (Wildman–Crippen LogP) is 6.64. The summed E-state index contributed by atoms with van der Waals surface area (Å²) in [6.45, 7) is 0. The van der Waals surface area contributed by atoms with Gasteiger partial charge >= 0.3 is 0 Å². The number of nitrogens with zero attached hydrogens (tertiary/aromatic N) is 4. The molecule has 0 saturated carbocycles. The SMILES string of the molecule is O=C1N/C(=N\N=Cc2ccccc2)SC1=Cc1ccc(N2N=C(c3ccccc3)CC2c2ccccc2)cc1. The van der Waals surface area contributed by atoms with Gasteiger partial charge in [0.05, 0.1) is 28.6 Å². The zero-order valence-corrected chi connectivity index (χ0v) is 21.8. The molecule has 2 aliphatic heterocycles. The smallest absolute Gasteiger partial charge is 0.264 e. The average molecular weight is 528 g/mol. The first-order chi connectivity index (χ1) is 19.2. The number of anilines is 1. The molecule has 2 aliphatic rings. The number of carbonyl (C=O) groups is 1. The molecule has 6 nitrogen and oxygen atoms in total. The molecule has 4 aromatic carbocycles. The Balaban J connectivity index is 1.21. The molecule has 1 atom stereocenters. The van der Waals surface area contributed by atoms with E-state index in [1.165, 1.54) is 17.3 Å². The summed E-state index contributed by atoms with van der Waals surface area (Å²) in [6, 6.07) is 38.7. The van der Waals surface area contributed by atoms with Gasteiger partial charge in [0.15, 0.2) is 5.17 Å². The Hall–Kier alpha value is -4.75. The molecular formula is C32H25N5OS. The van der Waals surface area contributed by atoms with Crippen molar-refractivity contribution in [3.8, 4) is 0 Å². The molecular weight excluding hydrogens is 502 g/mol. The van der Waals surface area contributed by atoms with Crippen molar-refractivity contribution in [2.45, 2.75) is 12.5 Å². The van der Waals surface area contributed by atoms with Gasteiger partial charge in [-0.3, -0.25) is 15.1 Å². The van der Waals surface area contributed by atoms with E-state index >= 15 is 0 Å². The third-order valence-corrected chi connectivity index (χ3v) is 7.36. The molecule has 39 heavy (non-hydrogen) atoms. The zero-order chi connectivity index (χ0) is 26.4. The number of amidine groups is 1. The van der Waals surface area contributed by atoms with E-state index in [0.717, 1.165) is 34.5 Å². The molecule has 1 fully saturated rings. The van der Waals surface area contributed by atoms with Crippen molar-refractivity contribution in [3.05, 3.63) is 142 Å². The van der Waals surface area contributed by atoms with Gasteiger partial charge < -0.3 is 0 Å². The number of amides is 1. The highest BCUT2D eigenvalue weighted by Gasteiger charge is 2.30. The topological polar surface area (TPSA) is 69.4 Å². The fraction of sp³-hybridized carbons (Fsp3) is 0.0625. The van der Waals surface area contributed by atoms with Gasteiger partial charge in [0, 0.05) is 6.42 Å². The third kappa shape index (κ3) is 5.73. The molecule has 1 N–H and O–H groups in total. The minimum atomic E-state index is -0.182. The van der Waals surface area contributed by atoms with Gasteiger partial charge in [-0.05, 0) is 52.2 Å². The van der Waals surface area contributed by atoms with Gasteiger partial charge in [-0.1, -0.05) is 103 Å². The number of hydrazone groups is 1. The zero-order valence-electron chi connectivity index (χ0n) is 21.0. The summed E-state index contributed by atoms with van der Waals surface area (Å²) >= 11 is 1.28. The van der Waals surface area contributed by atoms with Crippen LogP contribution >= 0.6 is 11.8 Å². The Kier molecular flexibility index (Phi) is 7.14. The Morgan fingerprint density at radius 1 is 0.821 bits per heavy atom. The number of hydrogen-bond acceptors (Lipinski definition) is 6. The minimum Gasteiger partial charge on any atom is -0.299 e. The molecule has 1 unspecified atom stereocenters. The van der Waals surface area contributed by atoms with Crippen molar-refractivity contribution in [1.82, 2.24) is 5.32 Å². The quantitative estimate of drug-likeness (QED) is 0.174. The largest absolute Gasteiger partial charge is 0.299 e. The fourth-order valence-corrected chi connectivity index (χ4v) is 5.30. The van der Waals surface area contributed by atoms with Gasteiger partial charge in [0.25, 0.3) is 5.91 Å². The molecule has 1 amide bonds. The van der Waals surface area contributed by atoms with Crippen LogP contribution in [-0.4, -0.2) is 23.0 Å². The highest BCUT2D eigenvalue weighted by Crippen LogP contribution is 2.37. The van der Waals surface area contributed by atoms with Crippen molar-refractivity contribution >= 4 is 46.5 Å². The Morgan fingerprint density at radius 3 is 2.21 bits per heavy atom. The van der Waals surface area contributed by atoms with E-state index in [2.05, 4.69) is 69.1 Å². The van der Waals surface area contributed by atoms with E-state index in [1.54, 1.807) is 6.21 Å². The van der Waals surface area contributed by atoms with Crippen LogP contribution in [0.3, 0.4) is 0 Å². The normalized spacial score (nSPS) is 19.2. The summed E-state index contributed by atoms with van der Waals surface area (Å²) < 4.78 is 0. The van der Waals surface area contributed by atoms with Crippen molar-refractivity contribution in [3.63, 3.8) is 0 Å². The lowest BCUT2D eigenvalue weighted by atomic mass is 9.98. The second-order valence-electron chi connectivity index (χ2n) is 9.10. The molecule has 0 bridgehead atoms. The van der Waals surface area contributed by atoms with Crippen molar-refractivity contribution in [2.24, 2.45) is 15.3 Å². The number of hydrogen-bond donors (Lipinski definition) is 1. The summed E-state index contributed by atoms with van der Waals surface area (Å²) in [5, 5.41) is 18.6. The summed E-state index contributed by atoms with van der Waals surface area (Å²) in [7, 11) is 0. The van der Waals surface area contributed by atoms with Crippen LogP contribution in [0.1, 0.15) is 34.7 Å². The van der Waals surface area contributed by atoms with E-state index in [1.807, 2.05) is 72.8 Å². The number of rotatable bonds is 6. The summed E-state index contributed by atoms with van der Waals surface area (Å²) in [6.07, 6.45) is 4.35. The predicted molar refractivity (Wildman–Crippen MR) is 161 cm³/mol. The first kappa shape index (κ1) is 24.6. The van der Waals surface area contributed by atoms with Crippen LogP contribution in [0, 0.1) is 0 Å². The standard InChI is InChI=1S/C32H25N5OS/c38-31-30(39-32(34-31)35-33-22-24-10-4-1-5-11-24)20-23-16-18-27(19-17-23)37-29(26-14-8-3-9-15-26)21-28(36-37)25-12-6-2-7-13-25/h1-20,22,29H,21H2,(H,34,35,38). The molecule has 1 saturated heterocycles. The first-order valence-corrected chi connectivity index (χ1v) is 13.5. The third-order valence-electron chi connectivity index (χ3n) is 6.46. The second kappa shape index (κ2) is 11.3. The molecule has 6 rings (SSSR count).